The Balaban J connectivity index is 4.34. The van der Waals surface area contributed by atoms with Gasteiger partial charge in [0.2, 0.25) is 0 Å². The molecule has 0 saturated heterocycles. The van der Waals surface area contributed by atoms with E-state index < -0.39 is 49.1 Å². The molecule has 0 heterocycles. The quantitative estimate of drug-likeness (QED) is 0.569. The van der Waals surface area contributed by atoms with Crippen LogP contribution in [0.3, 0.4) is 0 Å². The minimum Gasteiger partial charge on any atom is -0.481 e. The Kier molecular flexibility index (Phi) is 6.09. The van der Waals surface area contributed by atoms with Crippen molar-refractivity contribution in [1.82, 2.24) is 10.6 Å². The maximum atomic E-state index is 12.0. The van der Waals surface area contributed by atoms with Crippen molar-refractivity contribution in [2.45, 2.75) is 38.0 Å². The van der Waals surface area contributed by atoms with Gasteiger partial charge in [0.15, 0.2) is 0 Å². The zero-order valence-electron chi connectivity index (χ0n) is 9.82. The second kappa shape index (κ2) is 6.81. The highest BCUT2D eigenvalue weighted by molar-refractivity contribution is 5.86. The number of halogens is 3. The summed E-state index contributed by atoms with van der Waals surface area (Å²) >= 11 is 0. The number of hydrogen-bond donors (Lipinski definition) is 4. The van der Waals surface area contributed by atoms with Crippen molar-refractivity contribution in [3.8, 4) is 0 Å². The molecule has 110 valence electrons. The van der Waals surface area contributed by atoms with Crippen molar-refractivity contribution in [3.63, 3.8) is 0 Å². The van der Waals surface area contributed by atoms with E-state index in [1.807, 2.05) is 5.32 Å². The Labute approximate surface area is 105 Å². The van der Waals surface area contributed by atoms with Gasteiger partial charge in [-0.25, -0.2) is 9.59 Å². The van der Waals surface area contributed by atoms with Gasteiger partial charge in [-0.1, -0.05) is 0 Å². The van der Waals surface area contributed by atoms with E-state index in [4.69, 9.17) is 10.2 Å². The molecule has 4 N–H and O–H groups in total. The fourth-order valence-corrected chi connectivity index (χ4v) is 1.20. The number of carboxylic acid groups (broad SMARTS) is 2. The molecule has 0 aliphatic heterocycles. The van der Waals surface area contributed by atoms with Crippen molar-refractivity contribution in [2.24, 2.45) is 0 Å². The molecule has 0 aromatic rings. The SMILES string of the molecule is CC(CC(F)(F)F)NC(=O)N[C@H](CC(=O)O)C(=O)O. The number of carboxylic acids is 2. The molecule has 19 heavy (non-hydrogen) atoms. The summed E-state index contributed by atoms with van der Waals surface area (Å²) in [6.45, 7) is 1.08. The molecule has 0 bridgehead atoms. The first kappa shape index (κ1) is 17.0. The lowest BCUT2D eigenvalue weighted by Gasteiger charge is -2.18. The fourth-order valence-electron chi connectivity index (χ4n) is 1.20. The molecule has 2 atom stereocenters. The molecule has 0 rings (SSSR count). The molecule has 1 unspecified atom stereocenters. The summed E-state index contributed by atoms with van der Waals surface area (Å²) in [6, 6.07) is -4.15. The van der Waals surface area contributed by atoms with Gasteiger partial charge in [-0.15, -0.1) is 0 Å². The van der Waals surface area contributed by atoms with Gasteiger partial charge in [-0.3, -0.25) is 4.79 Å². The van der Waals surface area contributed by atoms with Crippen molar-refractivity contribution >= 4 is 18.0 Å². The molecule has 7 nitrogen and oxygen atoms in total. The van der Waals surface area contributed by atoms with Crippen molar-refractivity contribution in [2.75, 3.05) is 0 Å². The molecule has 2 amide bonds. The first-order valence-corrected chi connectivity index (χ1v) is 5.09. The van der Waals surface area contributed by atoms with E-state index in [-0.39, 0.29) is 0 Å². The van der Waals surface area contributed by atoms with Crippen molar-refractivity contribution in [1.29, 1.82) is 0 Å². The lowest BCUT2D eigenvalue weighted by atomic mass is 10.2. The van der Waals surface area contributed by atoms with E-state index in [0.29, 0.717) is 0 Å². The molecule has 0 radical (unpaired) electrons. The maximum Gasteiger partial charge on any atom is 0.391 e. The third-order valence-corrected chi connectivity index (χ3v) is 1.90. The molecule has 10 heteroatoms. The molecule has 0 aliphatic rings. The number of carbonyl (C=O) groups excluding carboxylic acids is 1. The molecule has 0 spiro atoms. The normalized spacial score (nSPS) is 14.3. The Bertz CT molecular complexity index is 358. The number of urea groups is 1. The highest BCUT2D eigenvalue weighted by Gasteiger charge is 2.31. The number of rotatable bonds is 6. The van der Waals surface area contributed by atoms with Gasteiger partial charge < -0.3 is 20.8 Å². The van der Waals surface area contributed by atoms with E-state index in [2.05, 4.69) is 0 Å². The average Bonchev–Trinajstić information content (AvgIpc) is 2.11. The summed E-state index contributed by atoms with van der Waals surface area (Å²) in [6.07, 6.45) is -6.63. The van der Waals surface area contributed by atoms with Crippen LogP contribution in [0.25, 0.3) is 0 Å². The van der Waals surface area contributed by atoms with Crippen LogP contribution in [0.2, 0.25) is 0 Å². The van der Waals surface area contributed by atoms with Gasteiger partial charge in [0.05, 0.1) is 12.8 Å². The first-order valence-electron chi connectivity index (χ1n) is 5.09. The summed E-state index contributed by atoms with van der Waals surface area (Å²) < 4.78 is 35.9. The van der Waals surface area contributed by atoms with E-state index in [1.165, 1.54) is 0 Å². The second-order valence-corrected chi connectivity index (χ2v) is 3.83. The van der Waals surface area contributed by atoms with Crippen LogP contribution < -0.4 is 10.6 Å². The smallest absolute Gasteiger partial charge is 0.391 e. The van der Waals surface area contributed by atoms with E-state index in [0.717, 1.165) is 6.92 Å². The summed E-state index contributed by atoms with van der Waals surface area (Å²) in [7, 11) is 0. The van der Waals surface area contributed by atoms with Crippen LogP contribution in [-0.4, -0.2) is 46.4 Å². The van der Waals surface area contributed by atoms with Gasteiger partial charge in [0.25, 0.3) is 0 Å². The number of hydrogen-bond acceptors (Lipinski definition) is 3. The Morgan fingerprint density at radius 2 is 1.68 bits per heavy atom. The molecule has 0 fully saturated rings. The van der Waals surface area contributed by atoms with Crippen molar-refractivity contribution in [3.05, 3.63) is 0 Å². The van der Waals surface area contributed by atoms with Gasteiger partial charge in [-0.05, 0) is 6.92 Å². The standard InChI is InChI=1S/C9H13F3N2O5/c1-4(3-9(10,11)12)13-8(19)14-5(7(17)18)2-6(15)16/h4-5H,2-3H2,1H3,(H,15,16)(H,17,18)(H2,13,14,19)/t4?,5-/m1/s1. The zero-order chi connectivity index (χ0) is 15.2. The summed E-state index contributed by atoms with van der Waals surface area (Å²) in [5, 5.41) is 20.6. The van der Waals surface area contributed by atoms with Gasteiger partial charge >= 0.3 is 24.1 Å². The van der Waals surface area contributed by atoms with Crippen LogP contribution in [0.5, 0.6) is 0 Å². The highest BCUT2D eigenvalue weighted by atomic mass is 19.4. The zero-order valence-corrected chi connectivity index (χ0v) is 9.82. The lowest BCUT2D eigenvalue weighted by Crippen LogP contribution is -2.49. The highest BCUT2D eigenvalue weighted by Crippen LogP contribution is 2.21. The van der Waals surface area contributed by atoms with Crippen LogP contribution in [0.15, 0.2) is 0 Å². The number of nitrogens with one attached hydrogen (secondary N) is 2. The minimum absolute atomic E-state index is 0.879. The average molecular weight is 286 g/mol. The topological polar surface area (TPSA) is 116 Å². The van der Waals surface area contributed by atoms with Crippen LogP contribution in [0, 0.1) is 0 Å². The Morgan fingerprint density at radius 1 is 1.16 bits per heavy atom. The fraction of sp³-hybridized carbons (Fsp3) is 0.667. The van der Waals surface area contributed by atoms with Crippen LogP contribution >= 0.6 is 0 Å². The predicted octanol–water partition coefficient (Wildman–Crippen LogP) is 0.554. The van der Waals surface area contributed by atoms with E-state index in [1.54, 1.807) is 5.32 Å². The van der Waals surface area contributed by atoms with Crippen LogP contribution in [0.4, 0.5) is 18.0 Å². The van der Waals surface area contributed by atoms with Crippen LogP contribution in [-0.2, 0) is 9.59 Å². The Hall–Kier alpha value is -2.00. The number of alkyl halides is 3. The number of amides is 2. The summed E-state index contributed by atoms with van der Waals surface area (Å²) in [5.74, 6) is -3.06. The van der Waals surface area contributed by atoms with Crippen LogP contribution in [0.1, 0.15) is 19.8 Å². The molecule has 0 aromatic heterocycles. The summed E-state index contributed by atoms with van der Waals surface area (Å²) in [4.78, 5) is 32.1. The largest absolute Gasteiger partial charge is 0.481 e. The minimum atomic E-state index is -4.47. The molecule has 0 aromatic carbocycles. The predicted molar refractivity (Wildman–Crippen MR) is 55.5 cm³/mol. The van der Waals surface area contributed by atoms with Crippen molar-refractivity contribution < 1.29 is 37.8 Å². The molecular weight excluding hydrogens is 273 g/mol. The second-order valence-electron chi connectivity index (χ2n) is 3.83. The third-order valence-electron chi connectivity index (χ3n) is 1.90. The number of carbonyl (C=O) groups is 3. The number of aliphatic carboxylic acids is 2. The van der Waals surface area contributed by atoms with Gasteiger partial charge in [-0.2, -0.15) is 13.2 Å². The molecular formula is C9H13F3N2O5. The summed E-state index contributed by atoms with van der Waals surface area (Å²) in [5.41, 5.74) is 0. The third kappa shape index (κ3) is 8.69. The van der Waals surface area contributed by atoms with Gasteiger partial charge in [0, 0.05) is 6.04 Å². The first-order chi connectivity index (χ1) is 8.51. The monoisotopic (exact) mass is 286 g/mol. The molecule has 0 saturated carbocycles. The lowest BCUT2D eigenvalue weighted by molar-refractivity contribution is -0.145. The Morgan fingerprint density at radius 3 is 2.05 bits per heavy atom. The van der Waals surface area contributed by atoms with E-state index in [9.17, 15) is 27.6 Å². The van der Waals surface area contributed by atoms with Gasteiger partial charge in [0.1, 0.15) is 6.04 Å². The van der Waals surface area contributed by atoms with E-state index >= 15 is 0 Å². The maximum absolute atomic E-state index is 12.0. The molecule has 0 aliphatic carbocycles.